The molecule has 1 aromatic carbocycles. The van der Waals surface area contributed by atoms with E-state index in [2.05, 4.69) is 9.97 Å². The zero-order valence-corrected chi connectivity index (χ0v) is 18.7. The van der Waals surface area contributed by atoms with Crippen molar-refractivity contribution >= 4 is 0 Å². The van der Waals surface area contributed by atoms with Gasteiger partial charge in [0.2, 0.25) is 5.75 Å². The van der Waals surface area contributed by atoms with E-state index in [1.807, 2.05) is 6.07 Å². The molecule has 11 heteroatoms. The Morgan fingerprint density at radius 1 is 1.09 bits per heavy atom. The lowest BCUT2D eigenvalue weighted by Gasteiger charge is -2.20. The van der Waals surface area contributed by atoms with E-state index >= 15 is 0 Å². The lowest BCUT2D eigenvalue weighted by atomic mass is 10.1. The molecule has 0 saturated heterocycles. The van der Waals surface area contributed by atoms with Crippen LogP contribution in [0.4, 0.5) is 17.6 Å². The number of benzene rings is 1. The van der Waals surface area contributed by atoms with Crippen molar-refractivity contribution < 1.29 is 22.3 Å². The number of halogens is 4. The lowest BCUT2D eigenvalue weighted by Crippen LogP contribution is -2.32. The van der Waals surface area contributed by atoms with Crippen LogP contribution < -0.4 is 15.9 Å². The fourth-order valence-electron chi connectivity index (χ4n) is 3.54. The summed E-state index contributed by atoms with van der Waals surface area (Å²) in [5.41, 5.74) is -0.998. The predicted octanol–water partition coefficient (Wildman–Crippen LogP) is 4.23. The Balaban J connectivity index is 2.22. The molecule has 0 aliphatic carbocycles. The van der Waals surface area contributed by atoms with Crippen LogP contribution in [0, 0.1) is 39.0 Å². The molecule has 0 bridgehead atoms. The molecular formula is C23H20F4N4O3. The molecular weight excluding hydrogens is 456 g/mol. The first-order valence-corrected chi connectivity index (χ1v) is 10.0. The van der Waals surface area contributed by atoms with E-state index in [9.17, 15) is 27.2 Å². The number of nitrogens with zero attached hydrogens (tertiary/aromatic N) is 3. The predicted molar refractivity (Wildman–Crippen MR) is 115 cm³/mol. The number of aryl methyl sites for hydroxylation is 4. The molecule has 0 unspecified atom stereocenters. The minimum atomic E-state index is -4.78. The second kappa shape index (κ2) is 9.13. The van der Waals surface area contributed by atoms with Gasteiger partial charge in [0.25, 0.3) is 11.1 Å². The van der Waals surface area contributed by atoms with Gasteiger partial charge in [-0.1, -0.05) is 0 Å². The maximum atomic E-state index is 14.3. The molecule has 2 aromatic heterocycles. The highest BCUT2D eigenvalue weighted by Gasteiger charge is 2.48. The Hall–Kier alpha value is -3.94. The first kappa shape index (κ1) is 24.7. The molecule has 0 aliphatic rings. The Morgan fingerprint density at radius 3 is 2.24 bits per heavy atom. The van der Waals surface area contributed by atoms with Gasteiger partial charge < -0.3 is 9.72 Å². The van der Waals surface area contributed by atoms with Gasteiger partial charge in [0.1, 0.15) is 5.75 Å². The van der Waals surface area contributed by atoms with Gasteiger partial charge in [0.15, 0.2) is 5.69 Å². The van der Waals surface area contributed by atoms with E-state index in [1.54, 1.807) is 19.9 Å². The molecule has 0 amide bonds. The lowest BCUT2D eigenvalue weighted by molar-refractivity contribution is -0.139. The molecule has 0 atom stereocenters. The molecule has 0 spiro atoms. The monoisotopic (exact) mass is 476 g/mol. The number of H-pyrrole nitrogens is 1. The summed E-state index contributed by atoms with van der Waals surface area (Å²) in [5, 5.41) is 9.10. The van der Waals surface area contributed by atoms with Crippen molar-refractivity contribution in [3.05, 3.63) is 84.4 Å². The van der Waals surface area contributed by atoms with Gasteiger partial charge >= 0.3 is 12.3 Å². The number of ether oxygens (including phenoxy) is 1. The van der Waals surface area contributed by atoms with Crippen molar-refractivity contribution in [2.75, 3.05) is 0 Å². The Bertz CT molecular complexity index is 1400. The van der Waals surface area contributed by atoms with Crippen LogP contribution in [0.3, 0.4) is 0 Å². The fraction of sp³-hybridized carbons (Fsp3) is 0.304. The third-order valence-corrected chi connectivity index (χ3v) is 5.20. The molecule has 34 heavy (non-hydrogen) atoms. The first-order chi connectivity index (χ1) is 15.9. The Labute approximate surface area is 191 Å². The third-order valence-electron chi connectivity index (χ3n) is 5.20. The highest BCUT2D eigenvalue weighted by molar-refractivity contribution is 5.49. The highest BCUT2D eigenvalue weighted by atomic mass is 19.3. The fourth-order valence-corrected chi connectivity index (χ4v) is 3.54. The van der Waals surface area contributed by atoms with Gasteiger partial charge in [-0.15, -0.1) is 0 Å². The van der Waals surface area contributed by atoms with Gasteiger partial charge in [-0.3, -0.25) is 14.2 Å². The quantitative estimate of drug-likeness (QED) is 0.537. The average Bonchev–Trinajstić information content (AvgIpc) is 2.74. The number of hydrogen-bond donors (Lipinski definition) is 1. The number of hydrogen-bond acceptors (Lipinski definition) is 5. The normalized spacial score (nSPS) is 11.5. The van der Waals surface area contributed by atoms with E-state index in [1.165, 1.54) is 26.0 Å². The van der Waals surface area contributed by atoms with Gasteiger partial charge in [0.05, 0.1) is 24.5 Å². The summed E-state index contributed by atoms with van der Waals surface area (Å²) in [4.78, 5) is 31.5. The van der Waals surface area contributed by atoms with Crippen LogP contribution in [0.25, 0.3) is 0 Å². The molecule has 0 radical (unpaired) electrons. The molecule has 0 aliphatic heterocycles. The third kappa shape index (κ3) is 4.57. The largest absolute Gasteiger partial charge is 0.449 e. The van der Waals surface area contributed by atoms with Gasteiger partial charge in [-0.2, -0.15) is 14.0 Å². The molecule has 3 rings (SSSR count). The van der Waals surface area contributed by atoms with Crippen LogP contribution in [-0.4, -0.2) is 21.0 Å². The number of aromatic amines is 1. The number of nitrogens with one attached hydrogen (secondary N) is 1. The Morgan fingerprint density at radius 2 is 1.71 bits per heavy atom. The maximum Gasteiger partial charge on any atom is 0.352 e. The second-order valence-electron chi connectivity index (χ2n) is 7.88. The summed E-state index contributed by atoms with van der Waals surface area (Å²) in [7, 11) is 0. The first-order valence-electron chi connectivity index (χ1n) is 10.0. The van der Waals surface area contributed by atoms with Crippen LogP contribution in [0.5, 0.6) is 11.5 Å². The van der Waals surface area contributed by atoms with Gasteiger partial charge in [-0.05, 0) is 62.6 Å². The van der Waals surface area contributed by atoms with Crippen molar-refractivity contribution in [1.82, 2.24) is 14.5 Å². The van der Waals surface area contributed by atoms with Crippen molar-refractivity contribution in [2.45, 2.75) is 46.6 Å². The van der Waals surface area contributed by atoms with E-state index < -0.39 is 34.9 Å². The van der Waals surface area contributed by atoms with Gasteiger partial charge in [0, 0.05) is 11.3 Å². The molecule has 7 nitrogen and oxygen atoms in total. The van der Waals surface area contributed by atoms with Gasteiger partial charge in [-0.25, -0.2) is 13.8 Å². The van der Waals surface area contributed by atoms with Crippen LogP contribution >= 0.6 is 0 Å². The van der Waals surface area contributed by atoms with Crippen LogP contribution in [0.1, 0.15) is 39.2 Å². The number of pyridine rings is 1. The summed E-state index contributed by atoms with van der Waals surface area (Å²) in [6.07, 6.45) is -3.47. The highest BCUT2D eigenvalue weighted by Crippen LogP contribution is 2.39. The second-order valence-corrected chi connectivity index (χ2v) is 7.88. The van der Waals surface area contributed by atoms with E-state index in [0.29, 0.717) is 28.7 Å². The van der Waals surface area contributed by atoms with Crippen molar-refractivity contribution in [3.8, 4) is 17.6 Å². The van der Waals surface area contributed by atoms with E-state index in [4.69, 9.17) is 10.00 Å². The molecule has 0 fully saturated rings. The SMILES string of the molecule is Cc1cc(C)c(Cn2cnc(C(F)(F)C(F)F)c(Oc3c(C)cc(C#N)cc3C)c2=O)c(=O)[nH]1. The Kier molecular flexibility index (Phi) is 6.63. The molecule has 2 heterocycles. The molecule has 1 N–H and O–H groups in total. The smallest absolute Gasteiger partial charge is 0.352 e. The number of alkyl halides is 4. The van der Waals surface area contributed by atoms with Crippen molar-refractivity contribution in [1.29, 1.82) is 5.26 Å². The minimum Gasteiger partial charge on any atom is -0.449 e. The van der Waals surface area contributed by atoms with Crippen LogP contribution in [0.2, 0.25) is 0 Å². The summed E-state index contributed by atoms with van der Waals surface area (Å²) < 4.78 is 61.3. The molecule has 3 aromatic rings. The number of rotatable bonds is 6. The summed E-state index contributed by atoms with van der Waals surface area (Å²) in [6.45, 7) is 5.98. The summed E-state index contributed by atoms with van der Waals surface area (Å²) in [5.74, 6) is -5.92. The molecule has 178 valence electrons. The number of nitriles is 1. The van der Waals surface area contributed by atoms with E-state index in [0.717, 1.165) is 4.57 Å². The standard InChI is InChI=1S/C23H20F4N4O3/c1-11-5-14(4)30-20(32)16(11)9-31-10-29-19(23(26,27)22(24)25)18(21(31)33)34-17-12(2)6-15(8-28)7-13(17)3/h5-7,10,22H,9H2,1-4H3,(H,30,32). The number of aromatic nitrogens is 3. The van der Waals surface area contributed by atoms with Crippen molar-refractivity contribution in [3.63, 3.8) is 0 Å². The topological polar surface area (TPSA) is 101 Å². The summed E-state index contributed by atoms with van der Waals surface area (Å²) in [6, 6.07) is 6.39. The van der Waals surface area contributed by atoms with Crippen LogP contribution in [0.15, 0.2) is 34.1 Å². The van der Waals surface area contributed by atoms with E-state index in [-0.39, 0.29) is 23.4 Å². The zero-order chi connectivity index (χ0) is 25.4. The molecule has 0 saturated carbocycles. The maximum absolute atomic E-state index is 14.3. The van der Waals surface area contributed by atoms with Crippen molar-refractivity contribution in [2.24, 2.45) is 0 Å². The minimum absolute atomic E-state index is 0.0497. The summed E-state index contributed by atoms with van der Waals surface area (Å²) >= 11 is 0. The van der Waals surface area contributed by atoms with Crippen LogP contribution in [-0.2, 0) is 12.5 Å². The average molecular weight is 476 g/mol. The zero-order valence-electron chi connectivity index (χ0n) is 18.7.